The van der Waals surface area contributed by atoms with Crippen molar-refractivity contribution in [3.63, 3.8) is 0 Å². The van der Waals surface area contributed by atoms with Crippen molar-refractivity contribution in [2.75, 3.05) is 10.6 Å². The summed E-state index contributed by atoms with van der Waals surface area (Å²) in [7, 11) is 0. The molecule has 0 aromatic heterocycles. The van der Waals surface area contributed by atoms with Crippen molar-refractivity contribution in [1.82, 2.24) is 0 Å². The van der Waals surface area contributed by atoms with E-state index in [1.165, 1.54) is 38.2 Å². The Morgan fingerprint density at radius 1 is 0.788 bits per heavy atom. The number of hydrogen-bond acceptors (Lipinski definition) is 3. The number of rotatable bonds is 7. The van der Waals surface area contributed by atoms with Gasteiger partial charge in [-0.1, -0.05) is 30.8 Å². The van der Waals surface area contributed by atoms with E-state index in [2.05, 4.69) is 53.6 Å². The number of anilines is 4. The van der Waals surface area contributed by atoms with Crippen molar-refractivity contribution in [3.8, 4) is 0 Å². The van der Waals surface area contributed by atoms with Gasteiger partial charge in [0, 0.05) is 28.3 Å². The van der Waals surface area contributed by atoms with E-state index >= 15 is 0 Å². The Morgan fingerprint density at radius 2 is 1.36 bits per heavy atom. The SMILES string of the molecule is C=CC(=O)c1ccccc1Nc1ccc(Nc2ccc(C34CC5CC(C3)C(C5)C4)cc2)cc1. The van der Waals surface area contributed by atoms with E-state index in [1.807, 2.05) is 36.4 Å². The largest absolute Gasteiger partial charge is 0.356 e. The van der Waals surface area contributed by atoms with Gasteiger partial charge < -0.3 is 10.6 Å². The van der Waals surface area contributed by atoms with Gasteiger partial charge in [-0.3, -0.25) is 4.79 Å². The second-order valence-corrected chi connectivity index (χ2v) is 10.3. The van der Waals surface area contributed by atoms with Gasteiger partial charge in [0.2, 0.25) is 0 Å². The van der Waals surface area contributed by atoms with Crippen LogP contribution in [0.25, 0.3) is 0 Å². The van der Waals surface area contributed by atoms with Gasteiger partial charge >= 0.3 is 0 Å². The highest BCUT2D eigenvalue weighted by Gasteiger charge is 2.56. The highest BCUT2D eigenvalue weighted by atomic mass is 16.1. The molecule has 0 saturated heterocycles. The third-order valence-corrected chi connectivity index (χ3v) is 8.25. The zero-order valence-electron chi connectivity index (χ0n) is 18.9. The van der Waals surface area contributed by atoms with E-state index < -0.39 is 0 Å². The smallest absolute Gasteiger partial charge is 0.187 e. The van der Waals surface area contributed by atoms with Gasteiger partial charge in [0.15, 0.2) is 5.78 Å². The topological polar surface area (TPSA) is 41.1 Å². The number of allylic oxidation sites excluding steroid dienone is 1. The Kier molecular flexibility index (Phi) is 4.86. The van der Waals surface area contributed by atoms with E-state index in [0.717, 1.165) is 40.5 Å². The van der Waals surface area contributed by atoms with Crippen molar-refractivity contribution in [3.05, 3.63) is 96.6 Å². The molecule has 3 nitrogen and oxygen atoms in total. The number of para-hydroxylation sites is 1. The molecule has 7 rings (SSSR count). The molecule has 4 aliphatic rings. The summed E-state index contributed by atoms with van der Waals surface area (Å²) >= 11 is 0. The maximum absolute atomic E-state index is 12.1. The Morgan fingerprint density at radius 3 is 1.97 bits per heavy atom. The summed E-state index contributed by atoms with van der Waals surface area (Å²) in [5.74, 6) is 2.89. The first-order valence-electron chi connectivity index (χ1n) is 12.1. The lowest BCUT2D eigenvalue weighted by Gasteiger charge is -2.39. The average molecular weight is 435 g/mol. The summed E-state index contributed by atoms with van der Waals surface area (Å²) in [5.41, 5.74) is 6.52. The molecule has 3 aromatic carbocycles. The summed E-state index contributed by atoms with van der Waals surface area (Å²) in [4.78, 5) is 12.1. The lowest BCUT2D eigenvalue weighted by molar-refractivity contribution is 0.104. The van der Waals surface area contributed by atoms with Gasteiger partial charge in [0.05, 0.1) is 0 Å². The molecule has 2 atom stereocenters. The van der Waals surface area contributed by atoms with Crippen LogP contribution in [0.3, 0.4) is 0 Å². The second-order valence-electron chi connectivity index (χ2n) is 10.3. The minimum atomic E-state index is -0.0854. The van der Waals surface area contributed by atoms with Gasteiger partial charge in [-0.05, 0) is 115 Å². The average Bonchev–Trinajstić information content (AvgIpc) is 3.27. The number of ketones is 1. The fraction of sp³-hybridized carbons (Fsp3) is 0.300. The first-order valence-corrected chi connectivity index (χ1v) is 12.1. The minimum absolute atomic E-state index is 0.0854. The van der Waals surface area contributed by atoms with Crippen LogP contribution in [0.1, 0.15) is 48.0 Å². The van der Waals surface area contributed by atoms with Gasteiger partial charge in [0.1, 0.15) is 0 Å². The molecular weight excluding hydrogens is 404 g/mol. The number of nitrogens with one attached hydrogen (secondary N) is 2. The number of carbonyl (C=O) groups is 1. The number of hydrogen-bond donors (Lipinski definition) is 2. The normalized spacial score (nSPS) is 26.8. The molecule has 0 heterocycles. The summed E-state index contributed by atoms with van der Waals surface area (Å²) in [6.07, 6.45) is 8.57. The second kappa shape index (κ2) is 7.91. The molecule has 4 saturated carbocycles. The maximum atomic E-state index is 12.1. The van der Waals surface area contributed by atoms with Crippen molar-refractivity contribution in [1.29, 1.82) is 0 Å². The molecule has 4 fully saturated rings. The van der Waals surface area contributed by atoms with Gasteiger partial charge in [-0.2, -0.15) is 0 Å². The Hall–Kier alpha value is -3.33. The summed E-state index contributed by atoms with van der Waals surface area (Å²) < 4.78 is 0. The molecule has 0 aliphatic heterocycles. The van der Waals surface area contributed by atoms with Crippen LogP contribution in [0.5, 0.6) is 0 Å². The molecule has 3 aromatic rings. The predicted molar refractivity (Wildman–Crippen MR) is 136 cm³/mol. The molecule has 166 valence electrons. The molecule has 3 heteroatoms. The predicted octanol–water partition coefficient (Wildman–Crippen LogP) is 7.62. The van der Waals surface area contributed by atoms with Crippen molar-refractivity contribution >= 4 is 28.5 Å². The van der Waals surface area contributed by atoms with Crippen LogP contribution in [0, 0.1) is 17.8 Å². The van der Waals surface area contributed by atoms with Crippen LogP contribution < -0.4 is 10.6 Å². The first kappa shape index (κ1) is 20.3. The Balaban J connectivity index is 1.13. The molecule has 0 amide bonds. The highest BCUT2D eigenvalue weighted by molar-refractivity contribution is 6.08. The molecule has 2 N–H and O–H groups in total. The molecule has 0 radical (unpaired) electrons. The Bertz CT molecular complexity index is 1180. The number of benzene rings is 3. The maximum Gasteiger partial charge on any atom is 0.187 e. The van der Waals surface area contributed by atoms with Crippen molar-refractivity contribution in [2.45, 2.75) is 37.5 Å². The zero-order chi connectivity index (χ0) is 22.4. The van der Waals surface area contributed by atoms with Gasteiger partial charge in [0.25, 0.3) is 0 Å². The summed E-state index contributed by atoms with van der Waals surface area (Å²) in [6, 6.07) is 24.9. The molecule has 33 heavy (non-hydrogen) atoms. The quantitative estimate of drug-likeness (QED) is 0.297. The third kappa shape index (κ3) is 3.66. The lowest BCUT2D eigenvalue weighted by atomic mass is 9.66. The van der Waals surface area contributed by atoms with E-state index in [1.54, 1.807) is 5.56 Å². The molecule has 2 unspecified atom stereocenters. The van der Waals surface area contributed by atoms with Gasteiger partial charge in [-0.25, -0.2) is 0 Å². The first-order chi connectivity index (χ1) is 16.1. The van der Waals surface area contributed by atoms with Crippen LogP contribution in [0.2, 0.25) is 0 Å². The number of carbonyl (C=O) groups excluding carboxylic acids is 1. The molecule has 4 aliphatic carbocycles. The third-order valence-electron chi connectivity index (χ3n) is 8.25. The monoisotopic (exact) mass is 434 g/mol. The van der Waals surface area contributed by atoms with Crippen LogP contribution in [0.15, 0.2) is 85.5 Å². The van der Waals surface area contributed by atoms with Crippen molar-refractivity contribution in [2.24, 2.45) is 17.8 Å². The van der Waals surface area contributed by atoms with Crippen LogP contribution >= 0.6 is 0 Å². The lowest BCUT2D eigenvalue weighted by Crippen LogP contribution is -2.31. The Labute approximate surface area is 195 Å². The van der Waals surface area contributed by atoms with E-state index in [-0.39, 0.29) is 5.78 Å². The van der Waals surface area contributed by atoms with E-state index in [9.17, 15) is 4.79 Å². The van der Waals surface area contributed by atoms with Gasteiger partial charge in [-0.15, -0.1) is 0 Å². The fourth-order valence-corrected chi connectivity index (χ4v) is 6.95. The van der Waals surface area contributed by atoms with E-state index in [4.69, 9.17) is 0 Å². The van der Waals surface area contributed by atoms with E-state index in [0.29, 0.717) is 11.0 Å². The highest BCUT2D eigenvalue weighted by Crippen LogP contribution is 2.64. The van der Waals surface area contributed by atoms with Crippen LogP contribution in [0.4, 0.5) is 22.7 Å². The summed E-state index contributed by atoms with van der Waals surface area (Å²) in [6.45, 7) is 3.60. The molecule has 4 bridgehead atoms. The van der Waals surface area contributed by atoms with Crippen LogP contribution in [-0.2, 0) is 5.41 Å². The van der Waals surface area contributed by atoms with Crippen molar-refractivity contribution < 1.29 is 4.79 Å². The standard InChI is InChI=1S/C30H30N2O/c1-2-29(33)27-5-3-4-6-28(27)32-26-13-11-25(12-14-26)31-24-9-7-23(8-10-24)30-17-20-15-21(18-30)22(16-20)19-30/h2-14,20-22,31-32H,1,15-19H2. The fourth-order valence-electron chi connectivity index (χ4n) is 6.95. The molecule has 0 spiro atoms. The minimum Gasteiger partial charge on any atom is -0.356 e. The van der Waals surface area contributed by atoms with Crippen LogP contribution in [-0.4, -0.2) is 5.78 Å². The zero-order valence-corrected chi connectivity index (χ0v) is 18.9. The molecular formula is C30H30N2O. The summed E-state index contributed by atoms with van der Waals surface area (Å²) in [5, 5.41) is 6.88.